The number of carboxylic acids is 1. The molecule has 2 saturated carbocycles. The minimum absolute atomic E-state index is 0.146. The standard InChI is InChI=1S/C16H19NO4/c1-6(2)13(16(20)21)17-14(18)11-7-3-4-8(10-5-9(7)10)12(11)15(17)19/h3-4,6-13H,5H2,1-2H3,(H,20,21)/t7-,8+,9-,10-,11+,12-,13+/m0/s1. The molecule has 4 aliphatic carbocycles. The molecule has 1 aliphatic heterocycles. The van der Waals surface area contributed by atoms with E-state index in [1.54, 1.807) is 13.8 Å². The molecule has 0 aromatic heterocycles. The highest BCUT2D eigenvalue weighted by Crippen LogP contribution is 2.65. The first-order valence-corrected chi connectivity index (χ1v) is 7.71. The van der Waals surface area contributed by atoms with Gasteiger partial charge in [-0.05, 0) is 36.0 Å². The van der Waals surface area contributed by atoms with Crippen LogP contribution >= 0.6 is 0 Å². The van der Waals surface area contributed by atoms with Gasteiger partial charge in [0.15, 0.2) is 0 Å². The molecule has 3 fully saturated rings. The van der Waals surface area contributed by atoms with Crippen molar-refractivity contribution >= 4 is 17.8 Å². The Kier molecular flexibility index (Phi) is 2.46. The van der Waals surface area contributed by atoms with Crippen molar-refractivity contribution in [3.05, 3.63) is 12.2 Å². The average Bonchev–Trinajstić information content (AvgIpc) is 3.19. The smallest absolute Gasteiger partial charge is 0.327 e. The van der Waals surface area contributed by atoms with Crippen LogP contribution in [0.25, 0.3) is 0 Å². The minimum Gasteiger partial charge on any atom is -0.480 e. The first-order valence-electron chi connectivity index (χ1n) is 7.71. The van der Waals surface area contributed by atoms with Crippen LogP contribution in [-0.4, -0.2) is 33.8 Å². The molecule has 112 valence electrons. The monoisotopic (exact) mass is 289 g/mol. The number of rotatable bonds is 3. The van der Waals surface area contributed by atoms with Gasteiger partial charge < -0.3 is 5.11 Å². The lowest BCUT2D eigenvalue weighted by Gasteiger charge is -2.37. The molecule has 0 aromatic carbocycles. The van der Waals surface area contributed by atoms with E-state index in [0.29, 0.717) is 11.8 Å². The molecular weight excluding hydrogens is 270 g/mol. The van der Waals surface area contributed by atoms with Crippen molar-refractivity contribution in [2.24, 2.45) is 41.4 Å². The third kappa shape index (κ3) is 1.49. The molecule has 0 unspecified atom stereocenters. The normalized spacial score (nSPS) is 44.0. The van der Waals surface area contributed by atoms with Crippen LogP contribution < -0.4 is 0 Å². The zero-order chi connectivity index (χ0) is 15.0. The number of hydrogen-bond acceptors (Lipinski definition) is 3. The third-order valence-electron chi connectivity index (χ3n) is 5.86. The molecule has 7 atom stereocenters. The van der Waals surface area contributed by atoms with Crippen LogP contribution in [0.3, 0.4) is 0 Å². The number of carbonyl (C=O) groups excluding carboxylic acids is 2. The lowest BCUT2D eigenvalue weighted by Crippen LogP contribution is -2.48. The maximum absolute atomic E-state index is 12.8. The maximum atomic E-state index is 12.8. The number of nitrogens with zero attached hydrogens (tertiary/aromatic N) is 1. The summed E-state index contributed by atoms with van der Waals surface area (Å²) in [6.07, 6.45) is 5.31. The molecule has 5 heteroatoms. The Morgan fingerprint density at radius 2 is 1.62 bits per heavy atom. The van der Waals surface area contributed by atoms with Gasteiger partial charge in [-0.15, -0.1) is 0 Å². The second kappa shape index (κ2) is 3.96. The summed E-state index contributed by atoms with van der Waals surface area (Å²) in [5.41, 5.74) is 0. The quantitative estimate of drug-likeness (QED) is 0.624. The van der Waals surface area contributed by atoms with Crippen LogP contribution in [0.1, 0.15) is 20.3 Å². The molecule has 5 nitrogen and oxygen atoms in total. The first-order chi connectivity index (χ1) is 9.93. The SMILES string of the molecule is CC(C)[C@H](C(=O)O)N1C(=O)[C@@H]2[C@H]3C=C[C@H]([C@@H]4C[C@@H]34)[C@@H]2C1=O. The van der Waals surface area contributed by atoms with Gasteiger partial charge >= 0.3 is 5.97 Å². The number of carbonyl (C=O) groups is 3. The Hall–Kier alpha value is -1.65. The Morgan fingerprint density at radius 1 is 1.14 bits per heavy atom. The number of amides is 2. The number of aliphatic carboxylic acids is 1. The fourth-order valence-electron chi connectivity index (χ4n) is 4.95. The molecule has 1 saturated heterocycles. The lowest BCUT2D eigenvalue weighted by molar-refractivity contribution is -0.157. The number of carboxylic acid groups (broad SMARTS) is 1. The van der Waals surface area contributed by atoms with E-state index in [0.717, 1.165) is 11.3 Å². The largest absolute Gasteiger partial charge is 0.480 e. The molecule has 0 spiro atoms. The van der Waals surface area contributed by atoms with E-state index in [2.05, 4.69) is 12.2 Å². The average molecular weight is 289 g/mol. The summed E-state index contributed by atoms with van der Waals surface area (Å²) in [7, 11) is 0. The molecule has 5 rings (SSSR count). The summed E-state index contributed by atoms with van der Waals surface area (Å²) in [6, 6.07) is -1.04. The van der Waals surface area contributed by atoms with Crippen LogP contribution in [0.2, 0.25) is 0 Å². The van der Waals surface area contributed by atoms with Gasteiger partial charge in [0.25, 0.3) is 0 Å². The van der Waals surface area contributed by atoms with Crippen LogP contribution in [0.15, 0.2) is 12.2 Å². The molecule has 2 amide bonds. The van der Waals surface area contributed by atoms with Crippen LogP contribution in [-0.2, 0) is 14.4 Å². The predicted octanol–water partition coefficient (Wildman–Crippen LogP) is 1.15. The predicted molar refractivity (Wildman–Crippen MR) is 72.8 cm³/mol. The zero-order valence-corrected chi connectivity index (χ0v) is 12.1. The summed E-state index contributed by atoms with van der Waals surface area (Å²) in [6.45, 7) is 3.48. The number of imide groups is 1. The van der Waals surface area contributed by atoms with Crippen molar-refractivity contribution < 1.29 is 19.5 Å². The topological polar surface area (TPSA) is 74.7 Å². The maximum Gasteiger partial charge on any atom is 0.327 e. The number of hydrogen-bond donors (Lipinski definition) is 1. The highest BCUT2D eigenvalue weighted by Gasteiger charge is 2.68. The molecule has 2 bridgehead atoms. The lowest BCUT2D eigenvalue weighted by atomic mass is 9.63. The summed E-state index contributed by atoms with van der Waals surface area (Å²) in [5.74, 6) is -1.12. The van der Waals surface area contributed by atoms with Crippen LogP contribution in [0, 0.1) is 41.4 Å². The Balaban J connectivity index is 1.73. The van der Waals surface area contributed by atoms with Crippen molar-refractivity contribution in [3.8, 4) is 0 Å². The molecule has 1 N–H and O–H groups in total. The van der Waals surface area contributed by atoms with Crippen LogP contribution in [0.5, 0.6) is 0 Å². The fourth-order valence-corrected chi connectivity index (χ4v) is 4.95. The zero-order valence-electron chi connectivity index (χ0n) is 12.1. The van der Waals surface area contributed by atoms with E-state index in [1.807, 2.05) is 0 Å². The van der Waals surface area contributed by atoms with Gasteiger partial charge in [-0.25, -0.2) is 4.79 Å². The van der Waals surface area contributed by atoms with E-state index < -0.39 is 12.0 Å². The highest BCUT2D eigenvalue weighted by atomic mass is 16.4. The number of allylic oxidation sites excluding steroid dienone is 2. The minimum atomic E-state index is -1.09. The van der Waals surface area contributed by atoms with Gasteiger partial charge in [-0.2, -0.15) is 0 Å². The summed E-state index contributed by atoms with van der Waals surface area (Å²) in [5, 5.41) is 9.42. The van der Waals surface area contributed by atoms with Gasteiger partial charge in [-0.1, -0.05) is 26.0 Å². The highest BCUT2D eigenvalue weighted by molar-refractivity contribution is 6.08. The molecule has 21 heavy (non-hydrogen) atoms. The van der Waals surface area contributed by atoms with E-state index in [9.17, 15) is 19.5 Å². The van der Waals surface area contributed by atoms with E-state index in [1.165, 1.54) is 0 Å². The Labute approximate surface area is 123 Å². The number of likely N-dealkylation sites (tertiary alicyclic amines) is 1. The van der Waals surface area contributed by atoms with Crippen molar-refractivity contribution in [1.82, 2.24) is 4.90 Å². The van der Waals surface area contributed by atoms with Crippen molar-refractivity contribution in [1.29, 1.82) is 0 Å². The van der Waals surface area contributed by atoms with E-state index in [4.69, 9.17) is 0 Å². The molecule has 1 heterocycles. The molecule has 0 aromatic rings. The van der Waals surface area contributed by atoms with Gasteiger partial charge in [0, 0.05) is 0 Å². The van der Waals surface area contributed by atoms with Crippen molar-refractivity contribution in [2.75, 3.05) is 0 Å². The molecular formula is C16H19NO4. The Morgan fingerprint density at radius 3 is 2.00 bits per heavy atom. The summed E-state index contributed by atoms with van der Waals surface area (Å²) >= 11 is 0. The Bertz CT molecular complexity index is 545. The van der Waals surface area contributed by atoms with Gasteiger partial charge in [0.1, 0.15) is 6.04 Å². The summed E-state index contributed by atoms with van der Waals surface area (Å²) < 4.78 is 0. The van der Waals surface area contributed by atoms with Crippen molar-refractivity contribution in [2.45, 2.75) is 26.3 Å². The molecule has 5 aliphatic rings. The third-order valence-corrected chi connectivity index (χ3v) is 5.86. The van der Waals surface area contributed by atoms with E-state index in [-0.39, 0.29) is 41.4 Å². The van der Waals surface area contributed by atoms with Gasteiger partial charge in [-0.3, -0.25) is 14.5 Å². The second-order valence-corrected chi connectivity index (χ2v) is 7.23. The van der Waals surface area contributed by atoms with E-state index >= 15 is 0 Å². The fraction of sp³-hybridized carbons (Fsp3) is 0.688. The van der Waals surface area contributed by atoms with Gasteiger partial charge in [0.05, 0.1) is 11.8 Å². The van der Waals surface area contributed by atoms with Crippen LogP contribution in [0.4, 0.5) is 0 Å². The second-order valence-electron chi connectivity index (χ2n) is 7.23. The van der Waals surface area contributed by atoms with Gasteiger partial charge in [0.2, 0.25) is 11.8 Å². The molecule has 0 radical (unpaired) electrons. The van der Waals surface area contributed by atoms with Crippen molar-refractivity contribution in [3.63, 3.8) is 0 Å². The summed E-state index contributed by atoms with van der Waals surface area (Å²) in [4.78, 5) is 38.1. The first kappa shape index (κ1) is 13.0.